The molecular weight excluding hydrogens is 274 g/mol. The molecule has 1 heterocycles. The SMILES string of the molecule is CCCNC(C)(CCCSc1ncc[nH]1)C(=O)OCC. The molecule has 6 heteroatoms. The van der Waals surface area contributed by atoms with Crippen molar-refractivity contribution in [1.29, 1.82) is 0 Å². The highest BCUT2D eigenvalue weighted by Crippen LogP contribution is 2.19. The summed E-state index contributed by atoms with van der Waals surface area (Å²) in [5.74, 6) is 0.771. The lowest BCUT2D eigenvalue weighted by Gasteiger charge is -2.28. The Morgan fingerprint density at radius 2 is 2.35 bits per heavy atom. The Balaban J connectivity index is 2.40. The highest BCUT2D eigenvalue weighted by Gasteiger charge is 2.33. The molecule has 0 aliphatic rings. The first kappa shape index (κ1) is 17.0. The summed E-state index contributed by atoms with van der Waals surface area (Å²) in [7, 11) is 0. The van der Waals surface area contributed by atoms with Gasteiger partial charge in [0.1, 0.15) is 5.54 Å². The molecule has 0 fully saturated rings. The van der Waals surface area contributed by atoms with Gasteiger partial charge in [0, 0.05) is 18.1 Å². The van der Waals surface area contributed by atoms with Crippen LogP contribution in [0.25, 0.3) is 0 Å². The second-order valence-corrected chi connectivity index (χ2v) is 5.91. The first-order valence-electron chi connectivity index (χ1n) is 7.16. The Hall–Kier alpha value is -1.01. The normalized spacial score (nSPS) is 13.9. The molecule has 5 nitrogen and oxygen atoms in total. The zero-order valence-corrected chi connectivity index (χ0v) is 13.4. The Kier molecular flexibility index (Phi) is 7.69. The maximum absolute atomic E-state index is 12.1. The average molecular weight is 299 g/mol. The van der Waals surface area contributed by atoms with Gasteiger partial charge in [-0.1, -0.05) is 18.7 Å². The Bertz CT molecular complexity index is 384. The van der Waals surface area contributed by atoms with Gasteiger partial charge in [0.15, 0.2) is 5.16 Å². The molecule has 1 aromatic rings. The third-order valence-corrected chi connectivity index (χ3v) is 4.01. The lowest BCUT2D eigenvalue weighted by Crippen LogP contribution is -2.50. The number of hydrogen-bond donors (Lipinski definition) is 2. The molecule has 20 heavy (non-hydrogen) atoms. The highest BCUT2D eigenvalue weighted by atomic mass is 32.2. The Labute approximate surface area is 125 Å². The van der Waals surface area contributed by atoms with E-state index in [9.17, 15) is 4.79 Å². The molecule has 1 rings (SSSR count). The van der Waals surface area contributed by atoms with Crippen molar-refractivity contribution >= 4 is 17.7 Å². The minimum atomic E-state index is -0.588. The van der Waals surface area contributed by atoms with E-state index in [1.54, 1.807) is 18.0 Å². The molecule has 0 radical (unpaired) electrons. The highest BCUT2D eigenvalue weighted by molar-refractivity contribution is 7.99. The minimum Gasteiger partial charge on any atom is -0.465 e. The fourth-order valence-electron chi connectivity index (χ4n) is 1.88. The lowest BCUT2D eigenvalue weighted by molar-refractivity contribution is -0.150. The molecule has 1 atom stereocenters. The number of ether oxygens (including phenoxy) is 1. The van der Waals surface area contributed by atoms with Crippen LogP contribution in [0, 0.1) is 0 Å². The van der Waals surface area contributed by atoms with E-state index in [1.807, 2.05) is 20.0 Å². The summed E-state index contributed by atoms with van der Waals surface area (Å²) in [6, 6.07) is 0. The maximum Gasteiger partial charge on any atom is 0.326 e. The topological polar surface area (TPSA) is 67.0 Å². The van der Waals surface area contributed by atoms with Gasteiger partial charge in [-0.05, 0) is 39.7 Å². The smallest absolute Gasteiger partial charge is 0.326 e. The number of aromatic amines is 1. The van der Waals surface area contributed by atoms with E-state index in [2.05, 4.69) is 22.2 Å². The zero-order chi connectivity index (χ0) is 14.8. The van der Waals surface area contributed by atoms with Crippen LogP contribution < -0.4 is 5.32 Å². The largest absolute Gasteiger partial charge is 0.465 e. The van der Waals surface area contributed by atoms with Gasteiger partial charge in [-0.2, -0.15) is 0 Å². The van der Waals surface area contributed by atoms with E-state index in [0.29, 0.717) is 6.61 Å². The number of aromatic nitrogens is 2. The molecule has 0 spiro atoms. The van der Waals surface area contributed by atoms with Crippen LogP contribution >= 0.6 is 11.8 Å². The fourth-order valence-corrected chi connectivity index (χ4v) is 2.65. The maximum atomic E-state index is 12.1. The van der Waals surface area contributed by atoms with Gasteiger partial charge in [0.25, 0.3) is 0 Å². The van der Waals surface area contributed by atoms with Gasteiger partial charge in [-0.3, -0.25) is 4.79 Å². The second kappa shape index (κ2) is 9.02. The van der Waals surface area contributed by atoms with Gasteiger partial charge < -0.3 is 15.0 Å². The summed E-state index contributed by atoms with van der Waals surface area (Å²) in [6.07, 6.45) is 6.24. The number of imidazole rings is 1. The van der Waals surface area contributed by atoms with Crippen molar-refractivity contribution in [3.8, 4) is 0 Å². The van der Waals surface area contributed by atoms with Crippen molar-refractivity contribution in [3.05, 3.63) is 12.4 Å². The van der Waals surface area contributed by atoms with Gasteiger partial charge in [0.05, 0.1) is 6.61 Å². The van der Waals surface area contributed by atoms with Crippen LogP contribution in [0.5, 0.6) is 0 Å². The van der Waals surface area contributed by atoms with Crippen molar-refractivity contribution in [3.63, 3.8) is 0 Å². The van der Waals surface area contributed by atoms with Crippen molar-refractivity contribution in [2.45, 2.75) is 50.7 Å². The molecule has 1 aromatic heterocycles. The first-order valence-corrected chi connectivity index (χ1v) is 8.15. The predicted molar refractivity (Wildman–Crippen MR) is 81.9 cm³/mol. The summed E-state index contributed by atoms with van der Waals surface area (Å²) in [5.41, 5.74) is -0.588. The average Bonchev–Trinajstić information content (AvgIpc) is 2.95. The molecular formula is C14H25N3O2S. The van der Waals surface area contributed by atoms with Gasteiger partial charge in [-0.25, -0.2) is 4.98 Å². The third kappa shape index (κ3) is 5.54. The number of carbonyl (C=O) groups is 1. The van der Waals surface area contributed by atoms with Crippen molar-refractivity contribution in [2.75, 3.05) is 18.9 Å². The van der Waals surface area contributed by atoms with Crippen LogP contribution in [0.4, 0.5) is 0 Å². The number of carbonyl (C=O) groups excluding carboxylic acids is 1. The van der Waals surface area contributed by atoms with Crippen LogP contribution in [0.15, 0.2) is 17.6 Å². The van der Waals surface area contributed by atoms with E-state index in [-0.39, 0.29) is 5.97 Å². The van der Waals surface area contributed by atoms with Crippen molar-refractivity contribution < 1.29 is 9.53 Å². The summed E-state index contributed by atoms with van der Waals surface area (Å²) in [6.45, 7) is 7.10. The number of esters is 1. The predicted octanol–water partition coefficient (Wildman–Crippen LogP) is 2.60. The number of thioether (sulfide) groups is 1. The number of rotatable bonds is 10. The summed E-state index contributed by atoms with van der Waals surface area (Å²) < 4.78 is 5.18. The second-order valence-electron chi connectivity index (χ2n) is 4.83. The molecule has 0 aliphatic heterocycles. The summed E-state index contributed by atoms with van der Waals surface area (Å²) in [4.78, 5) is 19.3. The van der Waals surface area contributed by atoms with E-state index in [4.69, 9.17) is 4.74 Å². The van der Waals surface area contributed by atoms with Crippen LogP contribution in [0.2, 0.25) is 0 Å². The van der Waals surface area contributed by atoms with Crippen molar-refractivity contribution in [1.82, 2.24) is 15.3 Å². The third-order valence-electron chi connectivity index (χ3n) is 3.02. The molecule has 0 saturated carbocycles. The molecule has 114 valence electrons. The van der Waals surface area contributed by atoms with E-state index in [1.165, 1.54) is 0 Å². The lowest BCUT2D eigenvalue weighted by atomic mass is 9.96. The monoisotopic (exact) mass is 299 g/mol. The molecule has 0 aromatic carbocycles. The number of nitrogens with one attached hydrogen (secondary N) is 2. The molecule has 0 amide bonds. The Morgan fingerprint density at radius 1 is 1.55 bits per heavy atom. The molecule has 0 saturated heterocycles. The van der Waals surface area contributed by atoms with Crippen LogP contribution in [0.3, 0.4) is 0 Å². The first-order chi connectivity index (χ1) is 9.62. The van der Waals surface area contributed by atoms with E-state index in [0.717, 1.165) is 36.7 Å². The standard InChI is InChI=1S/C14H25N3O2S/c1-4-8-17-14(3,12(18)19-5-2)7-6-11-20-13-15-9-10-16-13/h9-10,17H,4-8,11H2,1-3H3,(H,15,16). The quantitative estimate of drug-likeness (QED) is 0.395. The van der Waals surface area contributed by atoms with Crippen LogP contribution in [-0.2, 0) is 9.53 Å². The fraction of sp³-hybridized carbons (Fsp3) is 0.714. The Morgan fingerprint density at radius 3 is 2.95 bits per heavy atom. The van der Waals surface area contributed by atoms with E-state index >= 15 is 0 Å². The summed E-state index contributed by atoms with van der Waals surface area (Å²) in [5, 5.41) is 4.24. The van der Waals surface area contributed by atoms with Gasteiger partial charge in [0.2, 0.25) is 0 Å². The number of nitrogens with zero attached hydrogens (tertiary/aromatic N) is 1. The van der Waals surface area contributed by atoms with E-state index < -0.39 is 5.54 Å². The van der Waals surface area contributed by atoms with Crippen LogP contribution in [-0.4, -0.2) is 40.4 Å². The van der Waals surface area contributed by atoms with Crippen LogP contribution in [0.1, 0.15) is 40.0 Å². The zero-order valence-electron chi connectivity index (χ0n) is 12.6. The summed E-state index contributed by atoms with van der Waals surface area (Å²) >= 11 is 1.67. The molecule has 0 bridgehead atoms. The van der Waals surface area contributed by atoms with Gasteiger partial charge >= 0.3 is 5.97 Å². The van der Waals surface area contributed by atoms with Gasteiger partial charge in [-0.15, -0.1) is 0 Å². The molecule has 0 aliphatic carbocycles. The molecule has 1 unspecified atom stereocenters. The number of hydrogen-bond acceptors (Lipinski definition) is 5. The minimum absolute atomic E-state index is 0.156. The number of H-pyrrole nitrogens is 1. The molecule has 2 N–H and O–H groups in total. The van der Waals surface area contributed by atoms with Crippen molar-refractivity contribution in [2.24, 2.45) is 0 Å².